The van der Waals surface area contributed by atoms with Crippen molar-refractivity contribution in [3.8, 4) is 0 Å². The van der Waals surface area contributed by atoms with Crippen LogP contribution in [0.3, 0.4) is 0 Å². The lowest BCUT2D eigenvalue weighted by atomic mass is 10.1. The number of hydrogen-bond acceptors (Lipinski definition) is 1. The molecule has 0 aliphatic heterocycles. The van der Waals surface area contributed by atoms with Crippen LogP contribution in [0.4, 0.5) is 0 Å². The average molecular weight is 282 g/mol. The van der Waals surface area contributed by atoms with Crippen molar-refractivity contribution in [3.63, 3.8) is 0 Å². The van der Waals surface area contributed by atoms with E-state index in [1.807, 2.05) is 36.4 Å². The van der Waals surface area contributed by atoms with Crippen LogP contribution >= 0.6 is 0 Å². The monoisotopic (exact) mass is 282 g/mol. The number of rotatable bonds is 5. The van der Waals surface area contributed by atoms with Crippen LogP contribution in [0.1, 0.15) is 18.1 Å². The van der Waals surface area contributed by atoms with Crippen LogP contribution in [0.2, 0.25) is 13.1 Å². The molecule has 0 fully saturated rings. The summed E-state index contributed by atoms with van der Waals surface area (Å²) in [5.41, 5.74) is 0.964. The lowest BCUT2D eigenvalue weighted by Crippen LogP contribution is -2.43. The van der Waals surface area contributed by atoms with E-state index in [0.717, 1.165) is 5.56 Å². The minimum absolute atomic E-state index is 0.459. The van der Waals surface area contributed by atoms with Crippen molar-refractivity contribution in [1.29, 1.82) is 0 Å². The van der Waals surface area contributed by atoms with Crippen LogP contribution in [-0.2, 0) is 0 Å². The first-order valence-electron chi connectivity index (χ1n) is 6.98. The third kappa shape index (κ3) is 3.27. The highest BCUT2D eigenvalue weighted by atomic mass is 28.3. The number of hydrogen-bond donors (Lipinski definition) is 1. The van der Waals surface area contributed by atoms with Crippen LogP contribution < -0.4 is 5.19 Å². The van der Waals surface area contributed by atoms with Crippen molar-refractivity contribution in [1.82, 2.24) is 0 Å². The summed E-state index contributed by atoms with van der Waals surface area (Å²) in [6, 6.07) is 20.4. The maximum Gasteiger partial charge on any atom is 0.106 e. The smallest absolute Gasteiger partial charge is 0.106 e. The van der Waals surface area contributed by atoms with E-state index in [0.29, 0.717) is 6.42 Å². The van der Waals surface area contributed by atoms with Crippen LogP contribution in [0, 0.1) is 0 Å². The van der Waals surface area contributed by atoms with E-state index in [9.17, 15) is 5.11 Å². The van der Waals surface area contributed by atoms with Crippen molar-refractivity contribution < 1.29 is 5.11 Å². The molecule has 0 aliphatic carbocycles. The first-order valence-corrected chi connectivity index (χ1v) is 9.98. The molecule has 0 amide bonds. The Morgan fingerprint density at radius 2 is 1.50 bits per heavy atom. The summed E-state index contributed by atoms with van der Waals surface area (Å²) in [5, 5.41) is 12.9. The van der Waals surface area contributed by atoms with Gasteiger partial charge in [0.25, 0.3) is 0 Å². The van der Waals surface area contributed by atoms with Crippen molar-refractivity contribution >= 4 is 13.3 Å². The molecule has 0 aromatic heterocycles. The number of benzene rings is 2. The Bertz CT molecular complexity index is 560. The third-order valence-electron chi connectivity index (χ3n) is 4.00. The summed E-state index contributed by atoms with van der Waals surface area (Å²) >= 11 is 0. The van der Waals surface area contributed by atoms with E-state index in [1.54, 1.807) is 0 Å². The fraction of sp³-hybridized carbons (Fsp3) is 0.222. The fourth-order valence-electron chi connectivity index (χ4n) is 2.34. The Morgan fingerprint density at radius 1 is 1.00 bits per heavy atom. The first kappa shape index (κ1) is 14.8. The van der Waals surface area contributed by atoms with Crippen LogP contribution in [-0.4, -0.2) is 13.2 Å². The Balaban J connectivity index is 2.12. The average Bonchev–Trinajstić information content (AvgIpc) is 2.49. The molecular weight excluding hydrogens is 260 g/mol. The second-order valence-corrected chi connectivity index (χ2v) is 10.3. The van der Waals surface area contributed by atoms with Gasteiger partial charge in [-0.15, -0.1) is 6.58 Å². The molecule has 1 N–H and O–H groups in total. The van der Waals surface area contributed by atoms with Gasteiger partial charge in [-0.2, -0.15) is 0 Å². The second kappa shape index (κ2) is 6.20. The summed E-state index contributed by atoms with van der Waals surface area (Å²) in [6.07, 6.45) is 0.178. The van der Waals surface area contributed by atoms with Crippen molar-refractivity contribution in [3.05, 3.63) is 78.0 Å². The first-order chi connectivity index (χ1) is 9.51. The fourth-order valence-corrected chi connectivity index (χ4v) is 4.48. The molecule has 1 unspecified atom stereocenters. The zero-order valence-electron chi connectivity index (χ0n) is 12.2. The van der Waals surface area contributed by atoms with Gasteiger partial charge in [-0.3, -0.25) is 0 Å². The van der Waals surface area contributed by atoms with Gasteiger partial charge in [-0.1, -0.05) is 84.1 Å². The topological polar surface area (TPSA) is 20.2 Å². The molecule has 1 atom stereocenters. The van der Waals surface area contributed by atoms with Gasteiger partial charge in [0.15, 0.2) is 0 Å². The standard InChI is InChI=1S/C18H22OSi/c1-15(14-18(19)16-10-6-4-7-11-16)20(2,3)17-12-8-5-9-13-17/h4-13,18-19H,1,14H2,2-3H3. The number of aliphatic hydroxyl groups excluding tert-OH is 1. The van der Waals surface area contributed by atoms with Crippen LogP contribution in [0.5, 0.6) is 0 Å². The van der Waals surface area contributed by atoms with Gasteiger partial charge in [0.2, 0.25) is 0 Å². The Labute approximate surface area is 122 Å². The third-order valence-corrected chi connectivity index (χ3v) is 7.75. The molecule has 2 aromatic rings. The largest absolute Gasteiger partial charge is 0.388 e. The molecule has 104 valence electrons. The van der Waals surface area contributed by atoms with Crippen LogP contribution in [0.25, 0.3) is 0 Å². The molecule has 1 nitrogen and oxygen atoms in total. The minimum Gasteiger partial charge on any atom is -0.388 e. The highest BCUT2D eigenvalue weighted by Crippen LogP contribution is 2.25. The van der Waals surface area contributed by atoms with Crippen LogP contribution in [0.15, 0.2) is 72.4 Å². The van der Waals surface area contributed by atoms with Crippen molar-refractivity contribution in [2.24, 2.45) is 0 Å². The predicted molar refractivity (Wildman–Crippen MR) is 88.7 cm³/mol. The highest BCUT2D eigenvalue weighted by Gasteiger charge is 2.28. The summed E-state index contributed by atoms with van der Waals surface area (Å²) in [7, 11) is -1.73. The SMILES string of the molecule is C=C(CC(O)c1ccccc1)[Si](C)(C)c1ccccc1. The van der Waals surface area contributed by atoms with Gasteiger partial charge in [0.1, 0.15) is 8.07 Å². The molecule has 0 saturated heterocycles. The lowest BCUT2D eigenvalue weighted by molar-refractivity contribution is 0.180. The Hall–Kier alpha value is -1.64. The van der Waals surface area contributed by atoms with E-state index in [-0.39, 0.29) is 0 Å². The summed E-state index contributed by atoms with van der Waals surface area (Å²) in [5.74, 6) is 0. The molecule has 2 aromatic carbocycles. The molecule has 2 rings (SSSR count). The van der Waals surface area contributed by atoms with Gasteiger partial charge >= 0.3 is 0 Å². The molecule has 0 radical (unpaired) electrons. The van der Waals surface area contributed by atoms with E-state index in [2.05, 4.69) is 43.9 Å². The summed E-state index contributed by atoms with van der Waals surface area (Å²) in [4.78, 5) is 0. The van der Waals surface area contributed by atoms with Gasteiger partial charge < -0.3 is 5.11 Å². The lowest BCUT2D eigenvalue weighted by Gasteiger charge is -2.27. The molecule has 0 heterocycles. The van der Waals surface area contributed by atoms with E-state index in [4.69, 9.17) is 0 Å². The zero-order valence-corrected chi connectivity index (χ0v) is 13.2. The van der Waals surface area contributed by atoms with Gasteiger partial charge in [0.05, 0.1) is 6.10 Å². The summed E-state index contributed by atoms with van der Waals surface area (Å²) in [6.45, 7) is 8.86. The van der Waals surface area contributed by atoms with E-state index < -0.39 is 14.2 Å². The van der Waals surface area contributed by atoms with Crippen molar-refractivity contribution in [2.45, 2.75) is 25.6 Å². The van der Waals surface area contributed by atoms with E-state index in [1.165, 1.54) is 10.4 Å². The predicted octanol–water partition coefficient (Wildman–Crippen LogP) is 3.82. The van der Waals surface area contributed by atoms with Gasteiger partial charge in [0, 0.05) is 0 Å². The second-order valence-electron chi connectivity index (χ2n) is 5.73. The van der Waals surface area contributed by atoms with Crippen molar-refractivity contribution in [2.75, 3.05) is 0 Å². The minimum atomic E-state index is -1.73. The van der Waals surface area contributed by atoms with Gasteiger partial charge in [-0.25, -0.2) is 0 Å². The molecule has 2 heteroatoms. The molecule has 20 heavy (non-hydrogen) atoms. The normalized spacial score (nSPS) is 12.9. The molecule has 0 aliphatic rings. The zero-order chi connectivity index (χ0) is 14.6. The molecule has 0 bridgehead atoms. The van der Waals surface area contributed by atoms with Gasteiger partial charge in [-0.05, 0) is 12.0 Å². The Morgan fingerprint density at radius 3 is 2.05 bits per heavy atom. The summed E-state index contributed by atoms with van der Waals surface area (Å²) < 4.78 is 0. The molecule has 0 spiro atoms. The maximum atomic E-state index is 10.4. The maximum absolute atomic E-state index is 10.4. The highest BCUT2D eigenvalue weighted by molar-refractivity contribution is 6.95. The molecular formula is C18H22OSi. The number of aliphatic hydroxyl groups is 1. The quantitative estimate of drug-likeness (QED) is 0.827. The van der Waals surface area contributed by atoms with E-state index >= 15 is 0 Å². The Kier molecular flexibility index (Phi) is 4.58. The molecule has 0 saturated carbocycles.